The number of nitrogens with two attached hydrogens (primary N) is 1. The molecule has 16 heavy (non-hydrogen) atoms. The van der Waals surface area contributed by atoms with Crippen LogP contribution in [0, 0.1) is 11.8 Å². The molecule has 0 aliphatic heterocycles. The molecule has 0 saturated heterocycles. The molecule has 0 spiro atoms. The lowest BCUT2D eigenvalue weighted by Crippen LogP contribution is -1.94. The molecule has 80 valence electrons. The van der Waals surface area contributed by atoms with Crippen LogP contribution in [0.1, 0.15) is 5.56 Å². The van der Waals surface area contributed by atoms with E-state index in [0.717, 1.165) is 10.2 Å². The minimum Gasteiger partial charge on any atom is -0.459 e. The van der Waals surface area contributed by atoms with E-state index in [2.05, 4.69) is 21.6 Å². The number of esters is 1. The van der Waals surface area contributed by atoms with Gasteiger partial charge >= 0.3 is 5.97 Å². The Morgan fingerprint density at radius 2 is 2.38 bits per heavy atom. The molecule has 0 amide bonds. The Hall–Kier alpha value is -2.06. The number of thiazole rings is 1. The van der Waals surface area contributed by atoms with Gasteiger partial charge in [-0.1, -0.05) is 17.3 Å². The Kier molecular flexibility index (Phi) is 2.75. The van der Waals surface area contributed by atoms with Crippen LogP contribution in [0.25, 0.3) is 10.2 Å². The highest BCUT2D eigenvalue weighted by atomic mass is 32.1. The molecular formula is C11H8N2O2S. The number of aromatic nitrogens is 1. The number of methoxy groups -OCH3 is 1. The molecule has 5 heteroatoms. The van der Waals surface area contributed by atoms with Crippen molar-refractivity contribution in [2.24, 2.45) is 0 Å². The van der Waals surface area contributed by atoms with Crippen molar-refractivity contribution in [1.29, 1.82) is 0 Å². The Labute approximate surface area is 96.0 Å². The van der Waals surface area contributed by atoms with Crippen LogP contribution in [0.4, 0.5) is 5.13 Å². The van der Waals surface area contributed by atoms with Crippen molar-refractivity contribution in [2.75, 3.05) is 12.8 Å². The number of nitrogens with zero attached hydrogens (tertiary/aromatic N) is 1. The Morgan fingerprint density at radius 1 is 1.56 bits per heavy atom. The van der Waals surface area contributed by atoms with Crippen LogP contribution < -0.4 is 5.73 Å². The van der Waals surface area contributed by atoms with Crippen LogP contribution in [0.2, 0.25) is 0 Å². The highest BCUT2D eigenvalue weighted by Gasteiger charge is 2.00. The maximum Gasteiger partial charge on any atom is 0.384 e. The van der Waals surface area contributed by atoms with Crippen LogP contribution in [0.3, 0.4) is 0 Å². The number of nitrogen functional groups attached to an aromatic ring is 1. The Balaban J connectivity index is 2.38. The summed E-state index contributed by atoms with van der Waals surface area (Å²) in [6.07, 6.45) is 0. The molecule has 2 rings (SSSR count). The van der Waals surface area contributed by atoms with E-state index < -0.39 is 5.97 Å². The van der Waals surface area contributed by atoms with Gasteiger partial charge in [-0.3, -0.25) is 0 Å². The van der Waals surface area contributed by atoms with Crippen molar-refractivity contribution < 1.29 is 9.53 Å². The second kappa shape index (κ2) is 4.21. The van der Waals surface area contributed by atoms with E-state index in [1.807, 2.05) is 12.1 Å². The van der Waals surface area contributed by atoms with Gasteiger partial charge in [0.05, 0.1) is 17.3 Å². The van der Waals surface area contributed by atoms with Crippen LogP contribution in [-0.2, 0) is 9.53 Å². The van der Waals surface area contributed by atoms with Gasteiger partial charge in [0, 0.05) is 11.5 Å². The van der Waals surface area contributed by atoms with E-state index in [4.69, 9.17) is 5.73 Å². The predicted molar refractivity (Wildman–Crippen MR) is 62.9 cm³/mol. The van der Waals surface area contributed by atoms with Gasteiger partial charge in [0.2, 0.25) is 0 Å². The first-order valence-corrected chi connectivity index (χ1v) is 5.27. The summed E-state index contributed by atoms with van der Waals surface area (Å²) in [6, 6.07) is 5.48. The molecule has 1 aromatic carbocycles. The topological polar surface area (TPSA) is 65.2 Å². The first-order chi connectivity index (χ1) is 7.69. The van der Waals surface area contributed by atoms with E-state index in [9.17, 15) is 4.79 Å². The average molecular weight is 232 g/mol. The zero-order chi connectivity index (χ0) is 11.5. The van der Waals surface area contributed by atoms with Gasteiger partial charge in [0.25, 0.3) is 0 Å². The monoisotopic (exact) mass is 232 g/mol. The van der Waals surface area contributed by atoms with Gasteiger partial charge in [0.1, 0.15) is 0 Å². The van der Waals surface area contributed by atoms with E-state index in [1.54, 1.807) is 6.07 Å². The van der Waals surface area contributed by atoms with Crippen molar-refractivity contribution in [2.45, 2.75) is 0 Å². The number of carbonyl (C=O) groups is 1. The lowest BCUT2D eigenvalue weighted by molar-refractivity contribution is -0.133. The van der Waals surface area contributed by atoms with Crippen molar-refractivity contribution >= 4 is 32.7 Å². The molecule has 0 saturated carbocycles. The van der Waals surface area contributed by atoms with Crippen LogP contribution in [0.5, 0.6) is 0 Å². The van der Waals surface area contributed by atoms with Crippen LogP contribution >= 0.6 is 11.3 Å². The van der Waals surface area contributed by atoms with Gasteiger partial charge in [-0.15, -0.1) is 0 Å². The molecule has 0 aliphatic rings. The average Bonchev–Trinajstić information content (AvgIpc) is 2.65. The molecule has 0 radical (unpaired) electrons. The summed E-state index contributed by atoms with van der Waals surface area (Å²) in [6.45, 7) is 0. The van der Waals surface area contributed by atoms with Crippen molar-refractivity contribution in [3.05, 3.63) is 23.8 Å². The highest BCUT2D eigenvalue weighted by molar-refractivity contribution is 7.22. The number of carbonyl (C=O) groups excluding carboxylic acids is 1. The summed E-state index contributed by atoms with van der Waals surface area (Å²) in [4.78, 5) is 15.0. The second-order valence-corrected chi connectivity index (χ2v) is 4.04. The minimum absolute atomic E-state index is 0.521. The Morgan fingerprint density at radius 3 is 3.12 bits per heavy atom. The van der Waals surface area contributed by atoms with Gasteiger partial charge in [-0.2, -0.15) is 0 Å². The van der Waals surface area contributed by atoms with Crippen molar-refractivity contribution in [3.8, 4) is 11.8 Å². The second-order valence-electron chi connectivity index (χ2n) is 2.98. The van der Waals surface area contributed by atoms with Crippen molar-refractivity contribution in [3.63, 3.8) is 0 Å². The fraction of sp³-hybridized carbons (Fsp3) is 0.0909. The first-order valence-electron chi connectivity index (χ1n) is 4.45. The van der Waals surface area contributed by atoms with Gasteiger partial charge < -0.3 is 10.5 Å². The maximum atomic E-state index is 10.8. The fourth-order valence-electron chi connectivity index (χ4n) is 1.20. The summed E-state index contributed by atoms with van der Waals surface area (Å²) in [5.74, 6) is 4.49. The number of ether oxygens (including phenoxy) is 1. The standard InChI is InChI=1S/C11H8N2O2S/c1-15-10(14)5-3-7-2-4-9-8(6-7)13-11(12)16-9/h2,4,6H,1H3,(H2,12,13). The minimum atomic E-state index is -0.558. The first kappa shape index (κ1) is 10.5. The third kappa shape index (κ3) is 2.12. The van der Waals surface area contributed by atoms with E-state index in [-0.39, 0.29) is 0 Å². The van der Waals surface area contributed by atoms with Gasteiger partial charge in [-0.25, -0.2) is 9.78 Å². The molecule has 1 heterocycles. The summed E-state index contributed by atoms with van der Waals surface area (Å²) < 4.78 is 5.42. The molecule has 2 aromatic rings. The smallest absolute Gasteiger partial charge is 0.384 e. The van der Waals surface area contributed by atoms with Crippen LogP contribution in [-0.4, -0.2) is 18.1 Å². The molecule has 1 aromatic heterocycles. The number of hydrogen-bond donors (Lipinski definition) is 1. The Bertz CT molecular complexity index is 607. The number of hydrogen-bond acceptors (Lipinski definition) is 5. The zero-order valence-corrected chi connectivity index (χ0v) is 9.30. The summed E-state index contributed by atoms with van der Waals surface area (Å²) in [7, 11) is 1.29. The van der Waals surface area contributed by atoms with E-state index in [1.165, 1.54) is 18.4 Å². The quantitative estimate of drug-likeness (QED) is 0.551. The molecule has 0 unspecified atom stereocenters. The van der Waals surface area contributed by atoms with Gasteiger partial charge in [-0.05, 0) is 18.2 Å². The molecule has 0 aliphatic carbocycles. The lowest BCUT2D eigenvalue weighted by Gasteiger charge is -1.89. The molecule has 4 nitrogen and oxygen atoms in total. The van der Waals surface area contributed by atoms with E-state index in [0.29, 0.717) is 10.7 Å². The van der Waals surface area contributed by atoms with Gasteiger partial charge in [0.15, 0.2) is 5.13 Å². The normalized spacial score (nSPS) is 9.56. The molecule has 0 atom stereocenters. The third-order valence-corrected chi connectivity index (χ3v) is 2.76. The number of fused-ring (bicyclic) bond motifs is 1. The summed E-state index contributed by atoms with van der Waals surface area (Å²) in [5.41, 5.74) is 7.08. The van der Waals surface area contributed by atoms with Crippen LogP contribution in [0.15, 0.2) is 18.2 Å². The fourth-order valence-corrected chi connectivity index (χ4v) is 1.91. The zero-order valence-electron chi connectivity index (χ0n) is 8.48. The third-order valence-electron chi connectivity index (χ3n) is 1.90. The molecule has 0 bridgehead atoms. The van der Waals surface area contributed by atoms with E-state index >= 15 is 0 Å². The van der Waals surface area contributed by atoms with Crippen molar-refractivity contribution in [1.82, 2.24) is 4.98 Å². The largest absolute Gasteiger partial charge is 0.459 e. The lowest BCUT2D eigenvalue weighted by atomic mass is 10.2. The number of anilines is 1. The summed E-state index contributed by atoms with van der Waals surface area (Å²) in [5, 5.41) is 0.521. The summed E-state index contributed by atoms with van der Waals surface area (Å²) >= 11 is 1.42. The highest BCUT2D eigenvalue weighted by Crippen LogP contribution is 2.23. The molecular weight excluding hydrogens is 224 g/mol. The number of rotatable bonds is 0. The number of benzene rings is 1. The predicted octanol–water partition coefficient (Wildman–Crippen LogP) is 1.40. The SMILES string of the molecule is COC(=O)C#Cc1ccc2sc(N)nc2c1. The molecule has 2 N–H and O–H groups in total. The molecule has 0 fully saturated rings. The maximum absolute atomic E-state index is 10.8.